The van der Waals surface area contributed by atoms with Crippen molar-refractivity contribution in [3.05, 3.63) is 95.5 Å². The molecule has 0 spiro atoms. The average molecular weight is 470 g/mol. The first kappa shape index (κ1) is 21.4. The van der Waals surface area contributed by atoms with Gasteiger partial charge in [-0.1, -0.05) is 71.9 Å². The SMILES string of the molecule is O=C(CSc1oc(-c2ccccc2)nc1S(=O)(=O)c1ccc(Cl)cc1)c1ccccc1. The Morgan fingerprint density at radius 1 is 0.903 bits per heavy atom. The molecule has 0 saturated heterocycles. The molecule has 1 heterocycles. The molecular weight excluding hydrogens is 454 g/mol. The van der Waals surface area contributed by atoms with Crippen LogP contribution in [0.2, 0.25) is 5.02 Å². The van der Waals surface area contributed by atoms with Gasteiger partial charge in [-0.05, 0) is 36.4 Å². The van der Waals surface area contributed by atoms with Crippen LogP contribution in [0.15, 0.2) is 104 Å². The van der Waals surface area contributed by atoms with Crippen molar-refractivity contribution < 1.29 is 17.6 Å². The van der Waals surface area contributed by atoms with E-state index in [2.05, 4.69) is 4.98 Å². The van der Waals surface area contributed by atoms with Gasteiger partial charge in [-0.25, -0.2) is 8.42 Å². The predicted molar refractivity (Wildman–Crippen MR) is 120 cm³/mol. The van der Waals surface area contributed by atoms with Crippen LogP contribution in [0.1, 0.15) is 10.4 Å². The summed E-state index contributed by atoms with van der Waals surface area (Å²) in [6, 6.07) is 23.6. The first-order valence-corrected chi connectivity index (χ1v) is 12.1. The molecule has 0 bridgehead atoms. The van der Waals surface area contributed by atoms with Crippen molar-refractivity contribution in [2.45, 2.75) is 15.0 Å². The number of ketones is 1. The molecule has 0 radical (unpaired) electrons. The summed E-state index contributed by atoms with van der Waals surface area (Å²) < 4.78 is 32.3. The number of carbonyl (C=O) groups is 1. The normalized spacial score (nSPS) is 11.4. The molecule has 0 saturated carbocycles. The summed E-state index contributed by atoms with van der Waals surface area (Å²) in [5.41, 5.74) is 1.18. The maximum atomic E-state index is 13.3. The smallest absolute Gasteiger partial charge is 0.228 e. The molecule has 8 heteroatoms. The number of hydrogen-bond donors (Lipinski definition) is 0. The third-order valence-corrected chi connectivity index (χ3v) is 7.40. The van der Waals surface area contributed by atoms with Gasteiger partial charge in [0.15, 0.2) is 5.78 Å². The molecule has 0 fully saturated rings. The first-order chi connectivity index (χ1) is 14.9. The molecule has 0 atom stereocenters. The Labute approximate surface area is 189 Å². The highest BCUT2D eigenvalue weighted by Gasteiger charge is 2.29. The second-order valence-electron chi connectivity index (χ2n) is 6.51. The van der Waals surface area contributed by atoms with Gasteiger partial charge in [0.1, 0.15) is 0 Å². The lowest BCUT2D eigenvalue weighted by molar-refractivity contribution is 0.102. The number of oxazole rings is 1. The number of sulfone groups is 1. The molecule has 5 nitrogen and oxygen atoms in total. The van der Waals surface area contributed by atoms with Gasteiger partial charge in [0, 0.05) is 16.1 Å². The number of nitrogens with zero attached hydrogens (tertiary/aromatic N) is 1. The molecule has 0 aliphatic carbocycles. The molecule has 0 amide bonds. The van der Waals surface area contributed by atoms with Crippen molar-refractivity contribution in [2.75, 3.05) is 5.75 Å². The van der Waals surface area contributed by atoms with Crippen LogP contribution < -0.4 is 0 Å². The molecule has 1 aromatic heterocycles. The Bertz CT molecular complexity index is 1300. The highest BCUT2D eigenvalue weighted by atomic mass is 35.5. The van der Waals surface area contributed by atoms with Crippen LogP contribution >= 0.6 is 23.4 Å². The van der Waals surface area contributed by atoms with Crippen LogP contribution in [0.3, 0.4) is 0 Å². The van der Waals surface area contributed by atoms with E-state index in [-0.39, 0.29) is 32.4 Å². The molecule has 0 N–H and O–H groups in total. The van der Waals surface area contributed by atoms with Crippen LogP contribution in [-0.4, -0.2) is 24.9 Å². The fourth-order valence-electron chi connectivity index (χ4n) is 2.82. The van der Waals surface area contributed by atoms with E-state index >= 15 is 0 Å². The molecule has 3 aromatic carbocycles. The van der Waals surface area contributed by atoms with Crippen LogP contribution in [0.25, 0.3) is 11.5 Å². The van der Waals surface area contributed by atoms with Crippen LogP contribution in [0, 0.1) is 0 Å². The van der Waals surface area contributed by atoms with E-state index in [1.807, 2.05) is 12.1 Å². The van der Waals surface area contributed by atoms with Gasteiger partial charge in [-0.15, -0.1) is 0 Å². The monoisotopic (exact) mass is 469 g/mol. The first-order valence-electron chi connectivity index (χ1n) is 9.23. The number of aromatic nitrogens is 1. The van der Waals surface area contributed by atoms with Crippen LogP contribution in [0.4, 0.5) is 0 Å². The van der Waals surface area contributed by atoms with Crippen molar-refractivity contribution in [1.29, 1.82) is 0 Å². The average Bonchev–Trinajstić information content (AvgIpc) is 3.24. The molecule has 156 valence electrons. The van der Waals surface area contributed by atoms with E-state index in [1.165, 1.54) is 24.3 Å². The quantitative estimate of drug-likeness (QED) is 0.251. The number of Topliss-reactive ketones (excluding diaryl/α,β-unsaturated/α-hetero) is 1. The predicted octanol–water partition coefficient (Wildman–Crippen LogP) is 5.80. The summed E-state index contributed by atoms with van der Waals surface area (Å²) in [5, 5.41) is 0.268. The molecule has 0 aliphatic heterocycles. The minimum Gasteiger partial charge on any atom is -0.428 e. The lowest BCUT2D eigenvalue weighted by atomic mass is 10.2. The summed E-state index contributed by atoms with van der Waals surface area (Å²) in [5.74, 6) is 0.0391. The van der Waals surface area contributed by atoms with E-state index < -0.39 is 9.84 Å². The maximum Gasteiger partial charge on any atom is 0.228 e. The Hall–Kier alpha value is -2.87. The zero-order valence-corrected chi connectivity index (χ0v) is 18.5. The number of rotatable bonds is 7. The number of carbonyl (C=O) groups excluding carboxylic acids is 1. The Morgan fingerprint density at radius 2 is 1.52 bits per heavy atom. The molecule has 4 rings (SSSR count). The van der Waals surface area contributed by atoms with Crippen molar-refractivity contribution in [1.82, 2.24) is 4.98 Å². The lowest BCUT2D eigenvalue weighted by Gasteiger charge is -2.04. The third-order valence-electron chi connectivity index (χ3n) is 4.40. The fourth-order valence-corrected chi connectivity index (χ4v) is 5.37. The lowest BCUT2D eigenvalue weighted by Crippen LogP contribution is -2.05. The topological polar surface area (TPSA) is 77.2 Å². The molecule has 4 aromatic rings. The second-order valence-corrected chi connectivity index (χ2v) is 9.76. The summed E-state index contributed by atoms with van der Waals surface area (Å²) in [7, 11) is -3.98. The highest BCUT2D eigenvalue weighted by Crippen LogP contribution is 2.35. The van der Waals surface area contributed by atoms with E-state index in [1.54, 1.807) is 48.5 Å². The van der Waals surface area contributed by atoms with E-state index in [4.69, 9.17) is 16.0 Å². The summed E-state index contributed by atoms with van der Waals surface area (Å²) in [4.78, 5) is 16.8. The van der Waals surface area contributed by atoms with Gasteiger partial charge in [0.05, 0.1) is 10.6 Å². The number of thioether (sulfide) groups is 1. The Morgan fingerprint density at radius 3 is 2.16 bits per heavy atom. The second kappa shape index (κ2) is 9.09. The maximum absolute atomic E-state index is 13.3. The van der Waals surface area contributed by atoms with Gasteiger partial charge in [0.2, 0.25) is 25.8 Å². The fraction of sp³-hybridized carbons (Fsp3) is 0.0435. The largest absolute Gasteiger partial charge is 0.428 e. The molecular formula is C23H16ClNO4S2. The van der Waals surface area contributed by atoms with Crippen LogP contribution in [-0.2, 0) is 9.84 Å². The van der Waals surface area contributed by atoms with Gasteiger partial charge in [-0.3, -0.25) is 4.79 Å². The summed E-state index contributed by atoms with van der Waals surface area (Å²) >= 11 is 6.90. The number of halogens is 1. The van der Waals surface area contributed by atoms with Gasteiger partial charge in [-0.2, -0.15) is 4.98 Å². The van der Waals surface area contributed by atoms with E-state index in [0.717, 1.165) is 11.8 Å². The standard InChI is InChI=1S/C23H16ClNO4S2/c24-18-11-13-19(14-12-18)31(27,28)22-23(29-21(25-22)17-9-5-2-6-10-17)30-15-20(26)16-7-3-1-4-8-16/h1-14H,15H2. The minimum atomic E-state index is -3.98. The van der Waals surface area contributed by atoms with E-state index in [9.17, 15) is 13.2 Å². The Kier molecular flexibility index (Phi) is 6.27. The van der Waals surface area contributed by atoms with Crippen molar-refractivity contribution in [3.63, 3.8) is 0 Å². The van der Waals surface area contributed by atoms with Crippen molar-refractivity contribution in [2.24, 2.45) is 0 Å². The third kappa shape index (κ3) is 4.74. The summed E-state index contributed by atoms with van der Waals surface area (Å²) in [6.45, 7) is 0. The van der Waals surface area contributed by atoms with Gasteiger partial charge < -0.3 is 4.42 Å². The zero-order chi connectivity index (χ0) is 21.8. The summed E-state index contributed by atoms with van der Waals surface area (Å²) in [6.07, 6.45) is 0. The molecule has 0 unspecified atom stereocenters. The number of benzene rings is 3. The minimum absolute atomic E-state index is 0.0105. The number of hydrogen-bond acceptors (Lipinski definition) is 6. The highest BCUT2D eigenvalue weighted by molar-refractivity contribution is 8.00. The Balaban J connectivity index is 1.71. The van der Waals surface area contributed by atoms with E-state index in [0.29, 0.717) is 16.1 Å². The molecule has 31 heavy (non-hydrogen) atoms. The zero-order valence-electron chi connectivity index (χ0n) is 16.1. The molecule has 0 aliphatic rings. The van der Waals surface area contributed by atoms with Gasteiger partial charge in [0.25, 0.3) is 0 Å². The van der Waals surface area contributed by atoms with Crippen molar-refractivity contribution >= 4 is 39.0 Å². The van der Waals surface area contributed by atoms with Gasteiger partial charge >= 0.3 is 0 Å². The van der Waals surface area contributed by atoms with Crippen molar-refractivity contribution in [3.8, 4) is 11.5 Å². The van der Waals surface area contributed by atoms with Crippen LogP contribution in [0.5, 0.6) is 0 Å².